The van der Waals surface area contributed by atoms with Crippen LogP contribution in [0.1, 0.15) is 47.3 Å². The first-order valence-electron chi connectivity index (χ1n) is 9.85. The Morgan fingerprint density at radius 2 is 1.97 bits per heavy atom. The molecule has 1 saturated heterocycles. The number of piperidine rings is 1. The largest absolute Gasteiger partial charge is 0.360 e. The van der Waals surface area contributed by atoms with Crippen molar-refractivity contribution < 1.29 is 12.9 Å². The molecule has 0 saturated carbocycles. The molecule has 1 N–H and O–H groups in total. The molecule has 4 heterocycles. The Labute approximate surface area is 180 Å². The van der Waals surface area contributed by atoms with Gasteiger partial charge in [0.25, 0.3) is 0 Å². The molecule has 30 heavy (non-hydrogen) atoms. The highest BCUT2D eigenvalue weighted by Gasteiger charge is 2.35. The summed E-state index contributed by atoms with van der Waals surface area (Å²) < 4.78 is 33.1. The van der Waals surface area contributed by atoms with E-state index in [1.165, 1.54) is 4.31 Å². The minimum atomic E-state index is -3.66. The Morgan fingerprint density at radius 1 is 1.17 bits per heavy atom. The minimum Gasteiger partial charge on any atom is -0.360 e. The number of hydrogen-bond acceptors (Lipinski definition) is 8. The molecule has 1 aliphatic heterocycles. The second-order valence-electron chi connectivity index (χ2n) is 7.70. The van der Waals surface area contributed by atoms with E-state index in [1.54, 1.807) is 25.2 Å². The number of rotatable bonds is 5. The molecule has 1 atom stereocenters. The minimum absolute atomic E-state index is 0.0208. The van der Waals surface area contributed by atoms with E-state index in [-0.39, 0.29) is 10.8 Å². The van der Waals surface area contributed by atoms with Crippen LogP contribution < -0.4 is 5.32 Å². The van der Waals surface area contributed by atoms with Gasteiger partial charge < -0.3 is 9.84 Å². The van der Waals surface area contributed by atoms with Gasteiger partial charge in [0.05, 0.1) is 5.69 Å². The third kappa shape index (κ3) is 4.12. The molecule has 0 aliphatic carbocycles. The van der Waals surface area contributed by atoms with Gasteiger partial charge in [-0.15, -0.1) is 11.3 Å². The summed E-state index contributed by atoms with van der Waals surface area (Å²) in [5.41, 5.74) is 4.06. The second kappa shape index (κ2) is 8.09. The van der Waals surface area contributed by atoms with Gasteiger partial charge in [0.15, 0.2) is 10.9 Å². The van der Waals surface area contributed by atoms with Crippen molar-refractivity contribution in [3.63, 3.8) is 0 Å². The molecule has 0 aromatic carbocycles. The standard InChI is InChI=1S/C20H25N5O3S2/c1-12-8-17(23-20-22-13(2)11-29-20)9-18(21-12)16-6-5-7-25(10-16)30(26,27)19-14(3)24-28-15(19)4/h8-9,11,16H,5-7,10H2,1-4H3,(H,21,22,23). The van der Waals surface area contributed by atoms with Gasteiger partial charge in [-0.2, -0.15) is 4.31 Å². The van der Waals surface area contributed by atoms with Crippen molar-refractivity contribution in [3.8, 4) is 0 Å². The zero-order valence-electron chi connectivity index (χ0n) is 17.5. The fraction of sp³-hybridized carbons (Fsp3) is 0.450. The lowest BCUT2D eigenvalue weighted by Crippen LogP contribution is -2.39. The number of nitrogens with one attached hydrogen (secondary N) is 1. The van der Waals surface area contributed by atoms with E-state index < -0.39 is 10.0 Å². The number of thiazole rings is 1. The maximum absolute atomic E-state index is 13.2. The van der Waals surface area contributed by atoms with Gasteiger partial charge in [0, 0.05) is 41.5 Å². The molecule has 160 valence electrons. The molecule has 10 heteroatoms. The Kier molecular flexibility index (Phi) is 5.65. The van der Waals surface area contributed by atoms with Gasteiger partial charge >= 0.3 is 0 Å². The number of aryl methyl sites for hydroxylation is 4. The predicted octanol–water partition coefficient (Wildman–Crippen LogP) is 4.07. The van der Waals surface area contributed by atoms with Gasteiger partial charge in [-0.3, -0.25) is 4.98 Å². The van der Waals surface area contributed by atoms with Crippen molar-refractivity contribution >= 4 is 32.2 Å². The summed E-state index contributed by atoms with van der Waals surface area (Å²) in [5, 5.41) is 9.98. The summed E-state index contributed by atoms with van der Waals surface area (Å²) in [5.74, 6) is 0.348. The van der Waals surface area contributed by atoms with Crippen molar-refractivity contribution in [2.24, 2.45) is 0 Å². The molecular weight excluding hydrogens is 422 g/mol. The van der Waals surface area contributed by atoms with Crippen molar-refractivity contribution in [1.82, 2.24) is 19.4 Å². The van der Waals surface area contributed by atoms with Gasteiger partial charge in [-0.1, -0.05) is 5.16 Å². The lowest BCUT2D eigenvalue weighted by Gasteiger charge is -2.31. The van der Waals surface area contributed by atoms with E-state index in [0.717, 1.165) is 40.7 Å². The molecular formula is C20H25N5O3S2. The van der Waals surface area contributed by atoms with Crippen LogP contribution in [0.4, 0.5) is 10.8 Å². The highest BCUT2D eigenvalue weighted by molar-refractivity contribution is 7.89. The van der Waals surface area contributed by atoms with Crippen molar-refractivity contribution in [1.29, 1.82) is 0 Å². The molecule has 1 aliphatic rings. The monoisotopic (exact) mass is 447 g/mol. The molecule has 0 bridgehead atoms. The van der Waals surface area contributed by atoms with Crippen LogP contribution in [0.25, 0.3) is 0 Å². The Hall–Kier alpha value is -2.30. The average molecular weight is 448 g/mol. The van der Waals surface area contributed by atoms with Crippen LogP contribution in [0.2, 0.25) is 0 Å². The number of pyridine rings is 1. The molecule has 8 nitrogen and oxygen atoms in total. The quantitative estimate of drug-likeness (QED) is 0.629. The average Bonchev–Trinajstić information content (AvgIpc) is 3.26. The zero-order valence-corrected chi connectivity index (χ0v) is 19.1. The summed E-state index contributed by atoms with van der Waals surface area (Å²) in [6.07, 6.45) is 1.66. The summed E-state index contributed by atoms with van der Waals surface area (Å²) >= 11 is 1.55. The van der Waals surface area contributed by atoms with Gasteiger partial charge in [-0.05, 0) is 52.7 Å². The molecule has 1 unspecified atom stereocenters. The van der Waals surface area contributed by atoms with E-state index in [9.17, 15) is 8.42 Å². The first-order valence-corrected chi connectivity index (χ1v) is 12.2. The number of sulfonamides is 1. The summed E-state index contributed by atoms with van der Waals surface area (Å²) in [7, 11) is -3.66. The fourth-order valence-corrected chi connectivity index (χ4v) is 6.41. The number of aromatic nitrogens is 3. The van der Waals surface area contributed by atoms with E-state index >= 15 is 0 Å². The van der Waals surface area contributed by atoms with E-state index in [0.29, 0.717) is 24.5 Å². The second-order valence-corrected chi connectivity index (χ2v) is 10.4. The van der Waals surface area contributed by atoms with Gasteiger partial charge in [0.1, 0.15) is 10.6 Å². The Morgan fingerprint density at radius 3 is 2.63 bits per heavy atom. The van der Waals surface area contributed by atoms with E-state index in [1.807, 2.05) is 31.4 Å². The molecule has 0 amide bonds. The SMILES string of the molecule is Cc1cc(Nc2nc(C)cs2)cc(C2CCCN(S(=O)(=O)c3c(C)noc3C)C2)n1. The number of nitrogens with zero attached hydrogens (tertiary/aromatic N) is 4. The fourth-order valence-electron chi connectivity index (χ4n) is 3.88. The third-order valence-corrected chi connectivity index (χ3v) is 8.20. The first-order chi connectivity index (χ1) is 14.2. The van der Waals surface area contributed by atoms with Crippen molar-refractivity contribution in [2.75, 3.05) is 18.4 Å². The van der Waals surface area contributed by atoms with Crippen LogP contribution >= 0.6 is 11.3 Å². The molecule has 3 aromatic heterocycles. The topological polar surface area (TPSA) is 101 Å². The highest BCUT2D eigenvalue weighted by Crippen LogP contribution is 2.33. The third-order valence-electron chi connectivity index (χ3n) is 5.21. The highest BCUT2D eigenvalue weighted by atomic mass is 32.2. The maximum Gasteiger partial charge on any atom is 0.248 e. The lowest BCUT2D eigenvalue weighted by atomic mass is 9.95. The summed E-state index contributed by atoms with van der Waals surface area (Å²) in [6, 6.07) is 3.97. The van der Waals surface area contributed by atoms with Crippen molar-refractivity contribution in [3.05, 3.63) is 46.0 Å². The van der Waals surface area contributed by atoms with Crippen LogP contribution in [-0.4, -0.2) is 40.9 Å². The molecule has 0 spiro atoms. The number of anilines is 2. The molecule has 4 rings (SSSR count). The van der Waals surface area contributed by atoms with E-state index in [4.69, 9.17) is 9.51 Å². The molecule has 0 radical (unpaired) electrons. The smallest absolute Gasteiger partial charge is 0.248 e. The zero-order chi connectivity index (χ0) is 21.5. The van der Waals surface area contributed by atoms with Crippen LogP contribution in [0.3, 0.4) is 0 Å². The van der Waals surface area contributed by atoms with Gasteiger partial charge in [-0.25, -0.2) is 13.4 Å². The Balaban J connectivity index is 1.59. The Bertz CT molecular complexity index is 1150. The summed E-state index contributed by atoms with van der Waals surface area (Å²) in [4.78, 5) is 9.34. The van der Waals surface area contributed by atoms with Crippen LogP contribution in [0.15, 0.2) is 26.9 Å². The van der Waals surface area contributed by atoms with Crippen LogP contribution in [-0.2, 0) is 10.0 Å². The normalized spacial score (nSPS) is 17.9. The predicted molar refractivity (Wildman–Crippen MR) is 116 cm³/mol. The number of hydrogen-bond donors (Lipinski definition) is 1. The molecule has 3 aromatic rings. The first kappa shape index (κ1) is 21.0. The molecule has 1 fully saturated rings. The van der Waals surface area contributed by atoms with Gasteiger partial charge in [0.2, 0.25) is 10.0 Å². The maximum atomic E-state index is 13.2. The summed E-state index contributed by atoms with van der Waals surface area (Å²) in [6.45, 7) is 8.07. The van der Waals surface area contributed by atoms with Crippen molar-refractivity contribution in [2.45, 2.75) is 51.3 Å². The van der Waals surface area contributed by atoms with Crippen LogP contribution in [0.5, 0.6) is 0 Å². The van der Waals surface area contributed by atoms with Crippen LogP contribution in [0, 0.1) is 27.7 Å². The lowest BCUT2D eigenvalue weighted by molar-refractivity contribution is 0.312. The van der Waals surface area contributed by atoms with E-state index in [2.05, 4.69) is 15.5 Å².